The molecule has 11 heteroatoms. The number of anilines is 2. The Labute approximate surface area is 190 Å². The van der Waals surface area contributed by atoms with Crippen LogP contribution in [0.2, 0.25) is 5.02 Å². The molecule has 0 aliphatic carbocycles. The lowest BCUT2D eigenvalue weighted by atomic mass is 10.1. The number of pyridine rings is 1. The van der Waals surface area contributed by atoms with Gasteiger partial charge in [0.1, 0.15) is 5.69 Å². The van der Waals surface area contributed by atoms with Crippen LogP contribution in [-0.2, 0) is 6.18 Å². The summed E-state index contributed by atoms with van der Waals surface area (Å²) in [4.78, 5) is 31.8. The van der Waals surface area contributed by atoms with Gasteiger partial charge in [-0.1, -0.05) is 17.7 Å². The normalized spacial score (nSPS) is 11.6. The van der Waals surface area contributed by atoms with E-state index in [2.05, 4.69) is 25.9 Å². The number of halogens is 4. The molecule has 0 atom stereocenters. The number of fused-ring (bicyclic) bond motifs is 3. The van der Waals surface area contributed by atoms with Gasteiger partial charge in [0.2, 0.25) is 0 Å². The first-order valence-electron chi connectivity index (χ1n) is 9.66. The smallest absolute Gasteiger partial charge is 0.354 e. The first kappa shape index (κ1) is 22.4. The first-order valence-corrected chi connectivity index (χ1v) is 10.0. The summed E-state index contributed by atoms with van der Waals surface area (Å²) < 4.78 is 39.1. The number of hydrogen-bond donors (Lipinski definition) is 4. The number of aromatic amines is 1. The molecular formula is C22H17ClF3N5O2. The zero-order valence-electron chi connectivity index (χ0n) is 17.3. The SMILES string of the molecule is CNC(=O)c1cc2c([nH]c3cc(NC(=O)Nc4ccc(Cl)c(C(F)(F)F)c4)ccc32)c(C)n1. The predicted octanol–water partition coefficient (Wildman–Crippen LogP) is 5.70. The van der Waals surface area contributed by atoms with Crippen LogP contribution in [0.5, 0.6) is 0 Å². The Morgan fingerprint density at radius 3 is 2.33 bits per heavy atom. The van der Waals surface area contributed by atoms with Crippen molar-refractivity contribution in [1.82, 2.24) is 15.3 Å². The quantitative estimate of drug-likeness (QED) is 0.306. The van der Waals surface area contributed by atoms with Crippen LogP contribution in [0.3, 0.4) is 0 Å². The van der Waals surface area contributed by atoms with Crippen LogP contribution in [0.4, 0.5) is 29.3 Å². The van der Waals surface area contributed by atoms with Gasteiger partial charge in [0.15, 0.2) is 0 Å². The van der Waals surface area contributed by atoms with E-state index in [0.717, 1.165) is 28.4 Å². The lowest BCUT2D eigenvalue weighted by molar-refractivity contribution is -0.137. The van der Waals surface area contributed by atoms with Gasteiger partial charge < -0.3 is 20.9 Å². The maximum atomic E-state index is 13.0. The van der Waals surface area contributed by atoms with Gasteiger partial charge in [-0.2, -0.15) is 13.2 Å². The topological polar surface area (TPSA) is 98.9 Å². The van der Waals surface area contributed by atoms with Crippen LogP contribution >= 0.6 is 11.6 Å². The molecule has 4 N–H and O–H groups in total. The van der Waals surface area contributed by atoms with E-state index in [9.17, 15) is 22.8 Å². The Morgan fingerprint density at radius 2 is 1.67 bits per heavy atom. The molecule has 2 aromatic heterocycles. The second-order valence-electron chi connectivity index (χ2n) is 7.25. The van der Waals surface area contributed by atoms with Crippen molar-refractivity contribution in [2.45, 2.75) is 13.1 Å². The first-order chi connectivity index (χ1) is 15.6. The summed E-state index contributed by atoms with van der Waals surface area (Å²) in [5.74, 6) is -0.305. The highest BCUT2D eigenvalue weighted by atomic mass is 35.5. The Kier molecular flexibility index (Phi) is 5.62. The van der Waals surface area contributed by atoms with Crippen LogP contribution < -0.4 is 16.0 Å². The van der Waals surface area contributed by atoms with Crippen LogP contribution in [0.1, 0.15) is 21.7 Å². The van der Waals surface area contributed by atoms with Gasteiger partial charge in [0.25, 0.3) is 5.91 Å². The largest absolute Gasteiger partial charge is 0.417 e. The number of nitrogens with one attached hydrogen (secondary N) is 4. The summed E-state index contributed by atoms with van der Waals surface area (Å²) >= 11 is 5.60. The van der Waals surface area contributed by atoms with E-state index in [1.807, 2.05) is 0 Å². The average molecular weight is 476 g/mol. The monoisotopic (exact) mass is 475 g/mol. The highest BCUT2D eigenvalue weighted by Gasteiger charge is 2.33. The van der Waals surface area contributed by atoms with E-state index in [1.165, 1.54) is 13.1 Å². The summed E-state index contributed by atoms with van der Waals surface area (Å²) in [7, 11) is 1.52. The fraction of sp³-hybridized carbons (Fsp3) is 0.136. The number of hydrogen-bond acceptors (Lipinski definition) is 3. The van der Waals surface area contributed by atoms with E-state index in [1.54, 1.807) is 31.2 Å². The molecule has 7 nitrogen and oxygen atoms in total. The third-order valence-electron chi connectivity index (χ3n) is 5.02. The van der Waals surface area contributed by atoms with E-state index >= 15 is 0 Å². The van der Waals surface area contributed by atoms with E-state index in [4.69, 9.17) is 11.6 Å². The minimum absolute atomic E-state index is 0.0562. The number of amides is 3. The van der Waals surface area contributed by atoms with Crippen LogP contribution in [0, 0.1) is 6.92 Å². The third kappa shape index (κ3) is 4.42. The molecule has 3 amide bonds. The number of H-pyrrole nitrogens is 1. The third-order valence-corrected chi connectivity index (χ3v) is 5.35. The van der Waals surface area contributed by atoms with Crippen molar-refractivity contribution in [2.75, 3.05) is 17.7 Å². The molecule has 0 saturated heterocycles. The van der Waals surface area contributed by atoms with Gasteiger partial charge in [-0.25, -0.2) is 9.78 Å². The highest BCUT2D eigenvalue weighted by Crippen LogP contribution is 2.36. The molecule has 0 aliphatic rings. The molecule has 0 radical (unpaired) electrons. The molecule has 0 saturated carbocycles. The van der Waals surface area contributed by atoms with Crippen molar-refractivity contribution in [3.05, 3.63) is 64.4 Å². The number of nitrogens with zero attached hydrogens (tertiary/aromatic N) is 1. The molecule has 0 fully saturated rings. The number of urea groups is 1. The zero-order valence-corrected chi connectivity index (χ0v) is 18.1. The van der Waals surface area contributed by atoms with E-state index in [-0.39, 0.29) is 17.3 Å². The van der Waals surface area contributed by atoms with Crippen molar-refractivity contribution in [1.29, 1.82) is 0 Å². The number of aryl methyl sites for hydroxylation is 1. The molecule has 0 unspecified atom stereocenters. The van der Waals surface area contributed by atoms with Gasteiger partial charge >= 0.3 is 12.2 Å². The van der Waals surface area contributed by atoms with Gasteiger partial charge in [-0.05, 0) is 43.3 Å². The van der Waals surface area contributed by atoms with E-state index in [0.29, 0.717) is 16.9 Å². The lowest BCUT2D eigenvalue weighted by Crippen LogP contribution is -2.19. The number of rotatable bonds is 3. The van der Waals surface area contributed by atoms with E-state index < -0.39 is 22.8 Å². The highest BCUT2D eigenvalue weighted by molar-refractivity contribution is 6.31. The van der Waals surface area contributed by atoms with Crippen molar-refractivity contribution in [2.24, 2.45) is 0 Å². The Bertz CT molecular complexity index is 1410. The molecule has 0 spiro atoms. The zero-order chi connectivity index (χ0) is 23.9. The molecule has 33 heavy (non-hydrogen) atoms. The summed E-state index contributed by atoms with van der Waals surface area (Å²) in [6, 6.07) is 9.16. The molecule has 4 aromatic rings. The molecule has 0 bridgehead atoms. The molecule has 170 valence electrons. The molecule has 4 rings (SSSR count). The average Bonchev–Trinajstić information content (AvgIpc) is 3.12. The standard InChI is InChI=1S/C22H17ClF3N5O2/c1-10-19-14(9-18(28-10)20(32)27-2)13-5-3-12(8-17(13)31-19)30-21(33)29-11-4-6-16(23)15(7-11)22(24,25)26/h3-9,31H,1-2H3,(H,27,32)(H2,29,30,33). The number of alkyl halides is 3. The molecule has 0 aliphatic heterocycles. The number of benzene rings is 2. The predicted molar refractivity (Wildman–Crippen MR) is 121 cm³/mol. The second-order valence-corrected chi connectivity index (χ2v) is 7.66. The van der Waals surface area contributed by atoms with Crippen LogP contribution in [-0.4, -0.2) is 29.0 Å². The second kappa shape index (κ2) is 8.28. The van der Waals surface area contributed by atoms with Crippen LogP contribution in [0.25, 0.3) is 21.8 Å². The molecule has 2 heterocycles. The molecule has 2 aromatic carbocycles. The maximum absolute atomic E-state index is 13.0. The molecular weight excluding hydrogens is 459 g/mol. The number of carbonyl (C=O) groups excluding carboxylic acids is 2. The summed E-state index contributed by atoms with van der Waals surface area (Å²) in [6.45, 7) is 1.78. The van der Waals surface area contributed by atoms with Crippen molar-refractivity contribution >= 4 is 56.7 Å². The number of carbonyl (C=O) groups is 2. The number of aromatic nitrogens is 2. The van der Waals surface area contributed by atoms with Crippen molar-refractivity contribution < 1.29 is 22.8 Å². The fourth-order valence-corrected chi connectivity index (χ4v) is 3.72. The minimum Gasteiger partial charge on any atom is -0.354 e. The van der Waals surface area contributed by atoms with Crippen molar-refractivity contribution in [3.8, 4) is 0 Å². The summed E-state index contributed by atoms with van der Waals surface area (Å²) in [5, 5.41) is 8.66. The Morgan fingerprint density at radius 1 is 1.00 bits per heavy atom. The maximum Gasteiger partial charge on any atom is 0.417 e. The Hall–Kier alpha value is -3.79. The van der Waals surface area contributed by atoms with Crippen molar-refractivity contribution in [3.63, 3.8) is 0 Å². The van der Waals surface area contributed by atoms with Gasteiger partial charge in [-0.3, -0.25) is 4.79 Å². The minimum atomic E-state index is -4.64. The van der Waals surface area contributed by atoms with Crippen LogP contribution in [0.15, 0.2) is 42.5 Å². The summed E-state index contributed by atoms with van der Waals surface area (Å²) in [6.07, 6.45) is -4.64. The van der Waals surface area contributed by atoms with Gasteiger partial charge in [0, 0.05) is 34.7 Å². The lowest BCUT2D eigenvalue weighted by Gasteiger charge is -2.12. The van der Waals surface area contributed by atoms with Gasteiger partial charge in [-0.15, -0.1) is 0 Å². The van der Waals surface area contributed by atoms with Gasteiger partial charge in [0.05, 0.1) is 21.8 Å². The Balaban J connectivity index is 1.59. The summed E-state index contributed by atoms with van der Waals surface area (Å²) in [5.41, 5.74) is 1.67. The fourth-order valence-electron chi connectivity index (χ4n) is 3.50.